The highest BCUT2D eigenvalue weighted by molar-refractivity contribution is 5.91. The lowest BCUT2D eigenvalue weighted by molar-refractivity contribution is -0.116. The normalized spacial score (nSPS) is 10.2. The van der Waals surface area contributed by atoms with Crippen LogP contribution < -0.4 is 22.1 Å². The number of hydrogen-bond donors (Lipinski definition) is 4. The topological polar surface area (TPSA) is 110 Å². The van der Waals surface area contributed by atoms with Crippen molar-refractivity contribution in [2.75, 3.05) is 22.1 Å². The Kier molecular flexibility index (Phi) is 6.83. The van der Waals surface area contributed by atoms with E-state index in [9.17, 15) is 9.59 Å². The van der Waals surface area contributed by atoms with Gasteiger partial charge in [-0.2, -0.15) is 0 Å². The second-order valence-corrected chi connectivity index (χ2v) is 5.90. The number of unbranched alkanes of at least 4 members (excludes halogenated alkanes) is 2. The fraction of sp³-hybridized carbons (Fsp3) is 0.263. The lowest BCUT2D eigenvalue weighted by Gasteiger charge is -2.06. The molecule has 0 fully saturated rings. The third kappa shape index (κ3) is 6.95. The second-order valence-electron chi connectivity index (χ2n) is 5.90. The van der Waals surface area contributed by atoms with Crippen molar-refractivity contribution in [2.45, 2.75) is 32.1 Å². The van der Waals surface area contributed by atoms with Crippen molar-refractivity contribution in [3.8, 4) is 0 Å². The predicted molar refractivity (Wildman–Crippen MR) is 102 cm³/mol. The van der Waals surface area contributed by atoms with Gasteiger partial charge in [-0.15, -0.1) is 0 Å². The first kappa shape index (κ1) is 18.3. The Hall–Kier alpha value is -3.02. The van der Waals surface area contributed by atoms with E-state index in [1.807, 2.05) is 0 Å². The molecule has 6 nitrogen and oxygen atoms in total. The Morgan fingerprint density at radius 1 is 0.640 bits per heavy atom. The van der Waals surface area contributed by atoms with Crippen LogP contribution in [0.2, 0.25) is 0 Å². The van der Waals surface area contributed by atoms with Crippen LogP contribution in [0, 0.1) is 0 Å². The van der Waals surface area contributed by atoms with Gasteiger partial charge in [-0.05, 0) is 61.4 Å². The quantitative estimate of drug-likeness (QED) is 0.436. The summed E-state index contributed by atoms with van der Waals surface area (Å²) < 4.78 is 0. The molecule has 0 atom stereocenters. The van der Waals surface area contributed by atoms with Crippen molar-refractivity contribution in [1.29, 1.82) is 0 Å². The van der Waals surface area contributed by atoms with Crippen molar-refractivity contribution in [1.82, 2.24) is 0 Å². The second kappa shape index (κ2) is 9.32. The zero-order valence-electron chi connectivity index (χ0n) is 14.1. The fourth-order valence-corrected chi connectivity index (χ4v) is 2.33. The maximum absolute atomic E-state index is 11.8. The Morgan fingerprint density at radius 2 is 1.00 bits per heavy atom. The van der Waals surface area contributed by atoms with E-state index < -0.39 is 0 Å². The van der Waals surface area contributed by atoms with Crippen LogP contribution in [-0.4, -0.2) is 11.8 Å². The Labute approximate surface area is 147 Å². The van der Waals surface area contributed by atoms with E-state index in [-0.39, 0.29) is 11.8 Å². The molecule has 2 rings (SSSR count). The van der Waals surface area contributed by atoms with Crippen molar-refractivity contribution < 1.29 is 9.59 Å². The van der Waals surface area contributed by atoms with E-state index in [4.69, 9.17) is 11.5 Å². The van der Waals surface area contributed by atoms with Crippen molar-refractivity contribution in [3.05, 3.63) is 48.5 Å². The van der Waals surface area contributed by atoms with Crippen molar-refractivity contribution >= 4 is 34.6 Å². The van der Waals surface area contributed by atoms with E-state index in [1.54, 1.807) is 48.5 Å². The zero-order chi connectivity index (χ0) is 18.1. The maximum atomic E-state index is 11.8. The SMILES string of the molecule is Nc1ccc(NC(=O)CCCCCC(=O)Nc2ccc(N)cc2)cc1. The Morgan fingerprint density at radius 3 is 1.36 bits per heavy atom. The van der Waals surface area contributed by atoms with Crippen LogP contribution in [0.5, 0.6) is 0 Å². The van der Waals surface area contributed by atoms with Gasteiger partial charge in [0.2, 0.25) is 11.8 Å². The highest BCUT2D eigenvalue weighted by atomic mass is 16.2. The molecular formula is C19H24N4O2. The highest BCUT2D eigenvalue weighted by Crippen LogP contribution is 2.13. The predicted octanol–water partition coefficient (Wildman–Crippen LogP) is 3.38. The smallest absolute Gasteiger partial charge is 0.224 e. The first-order valence-corrected chi connectivity index (χ1v) is 8.34. The van der Waals surface area contributed by atoms with Gasteiger partial charge in [-0.3, -0.25) is 9.59 Å². The molecule has 0 bridgehead atoms. The first-order valence-electron chi connectivity index (χ1n) is 8.34. The molecule has 0 saturated heterocycles. The molecule has 2 aromatic carbocycles. The lowest BCUT2D eigenvalue weighted by Crippen LogP contribution is -2.12. The minimum Gasteiger partial charge on any atom is -0.399 e. The van der Waals surface area contributed by atoms with Crippen LogP contribution in [0.25, 0.3) is 0 Å². The molecule has 25 heavy (non-hydrogen) atoms. The average molecular weight is 340 g/mol. The number of rotatable bonds is 8. The molecule has 0 heterocycles. The van der Waals surface area contributed by atoms with Crippen LogP contribution in [0.3, 0.4) is 0 Å². The molecule has 2 aromatic rings. The van der Waals surface area contributed by atoms with Crippen LogP contribution in [0.4, 0.5) is 22.7 Å². The molecule has 0 aliphatic rings. The molecule has 2 amide bonds. The summed E-state index contributed by atoms with van der Waals surface area (Å²) in [5, 5.41) is 5.64. The number of amides is 2. The Bertz CT molecular complexity index is 635. The first-order chi connectivity index (χ1) is 12.0. The molecule has 0 aliphatic heterocycles. The summed E-state index contributed by atoms with van der Waals surface area (Å²) in [4.78, 5) is 23.7. The van der Waals surface area contributed by atoms with Crippen LogP contribution in [0.15, 0.2) is 48.5 Å². The largest absolute Gasteiger partial charge is 0.399 e. The number of carbonyl (C=O) groups excluding carboxylic acids is 2. The van der Waals surface area contributed by atoms with Gasteiger partial charge in [-0.25, -0.2) is 0 Å². The van der Waals surface area contributed by atoms with Crippen LogP contribution >= 0.6 is 0 Å². The zero-order valence-corrected chi connectivity index (χ0v) is 14.1. The van der Waals surface area contributed by atoms with Gasteiger partial charge >= 0.3 is 0 Å². The molecular weight excluding hydrogens is 316 g/mol. The fourth-order valence-electron chi connectivity index (χ4n) is 2.33. The van der Waals surface area contributed by atoms with Gasteiger partial charge in [-0.1, -0.05) is 6.42 Å². The van der Waals surface area contributed by atoms with Crippen molar-refractivity contribution in [3.63, 3.8) is 0 Å². The third-order valence-corrected chi connectivity index (χ3v) is 3.70. The van der Waals surface area contributed by atoms with E-state index in [2.05, 4.69) is 10.6 Å². The van der Waals surface area contributed by atoms with E-state index in [0.717, 1.165) is 30.6 Å². The van der Waals surface area contributed by atoms with Gasteiger partial charge in [0.1, 0.15) is 0 Å². The summed E-state index contributed by atoms with van der Waals surface area (Å²) in [7, 11) is 0. The molecule has 0 saturated carbocycles. The number of carbonyl (C=O) groups is 2. The maximum Gasteiger partial charge on any atom is 0.224 e. The molecule has 0 spiro atoms. The number of nitrogens with two attached hydrogens (primary N) is 2. The molecule has 0 aromatic heterocycles. The van der Waals surface area contributed by atoms with E-state index >= 15 is 0 Å². The van der Waals surface area contributed by atoms with Gasteiger partial charge in [0.05, 0.1) is 0 Å². The molecule has 0 radical (unpaired) electrons. The van der Waals surface area contributed by atoms with Gasteiger partial charge in [0.25, 0.3) is 0 Å². The highest BCUT2D eigenvalue weighted by Gasteiger charge is 2.05. The number of nitrogens with one attached hydrogen (secondary N) is 2. The van der Waals surface area contributed by atoms with Crippen LogP contribution in [0.1, 0.15) is 32.1 Å². The summed E-state index contributed by atoms with van der Waals surface area (Å²) in [5.74, 6) is -0.0628. The monoisotopic (exact) mass is 340 g/mol. The average Bonchev–Trinajstić information content (AvgIpc) is 2.59. The summed E-state index contributed by atoms with van der Waals surface area (Å²) in [6.45, 7) is 0. The molecule has 6 N–H and O–H groups in total. The van der Waals surface area contributed by atoms with Gasteiger partial charge in [0, 0.05) is 35.6 Å². The molecule has 132 valence electrons. The van der Waals surface area contributed by atoms with Gasteiger partial charge in [0.15, 0.2) is 0 Å². The minimum absolute atomic E-state index is 0.0314. The molecule has 6 heteroatoms. The summed E-state index contributed by atoms with van der Waals surface area (Å²) >= 11 is 0. The standard InChI is InChI=1S/C19H24N4O2/c20-14-6-10-16(11-7-14)22-18(24)4-2-1-3-5-19(25)23-17-12-8-15(21)9-13-17/h6-13H,1-5,20-21H2,(H,22,24)(H,23,25). The summed E-state index contributed by atoms with van der Waals surface area (Å²) in [6, 6.07) is 14.1. The number of hydrogen-bond acceptors (Lipinski definition) is 4. The van der Waals surface area contributed by atoms with Crippen LogP contribution in [-0.2, 0) is 9.59 Å². The number of benzene rings is 2. The van der Waals surface area contributed by atoms with Crippen molar-refractivity contribution in [2.24, 2.45) is 0 Å². The Balaban J connectivity index is 1.57. The third-order valence-electron chi connectivity index (χ3n) is 3.70. The lowest BCUT2D eigenvalue weighted by atomic mass is 10.1. The molecule has 0 aliphatic carbocycles. The summed E-state index contributed by atoms with van der Waals surface area (Å²) in [5.41, 5.74) is 14.0. The summed E-state index contributed by atoms with van der Waals surface area (Å²) in [6.07, 6.45) is 3.18. The van der Waals surface area contributed by atoms with E-state index in [1.165, 1.54) is 0 Å². The molecule has 0 unspecified atom stereocenters. The number of anilines is 4. The van der Waals surface area contributed by atoms with Gasteiger partial charge < -0.3 is 22.1 Å². The number of nitrogen functional groups attached to an aromatic ring is 2. The van der Waals surface area contributed by atoms with E-state index in [0.29, 0.717) is 24.2 Å². The minimum atomic E-state index is -0.0314.